The van der Waals surface area contributed by atoms with E-state index in [0.29, 0.717) is 6.54 Å². The second kappa shape index (κ2) is 3.57. The highest BCUT2D eigenvalue weighted by atomic mass is 79.9. The molecule has 0 saturated heterocycles. The standard InChI is InChI=1S/C8H9BrClN/c1-5-2-8(10)6(4-11)3-7(5)9/h2-3H,4,11H2,1H3. The molecule has 60 valence electrons. The molecule has 1 aromatic carbocycles. The molecular weight excluding hydrogens is 225 g/mol. The van der Waals surface area contributed by atoms with Gasteiger partial charge in [-0.1, -0.05) is 27.5 Å². The predicted molar refractivity (Wildman–Crippen MR) is 51.8 cm³/mol. The van der Waals surface area contributed by atoms with Crippen molar-refractivity contribution in [1.29, 1.82) is 0 Å². The van der Waals surface area contributed by atoms with Gasteiger partial charge in [0.25, 0.3) is 0 Å². The van der Waals surface area contributed by atoms with E-state index in [1.807, 2.05) is 19.1 Å². The molecule has 0 aliphatic rings. The van der Waals surface area contributed by atoms with E-state index < -0.39 is 0 Å². The Morgan fingerprint density at radius 3 is 2.73 bits per heavy atom. The molecule has 2 N–H and O–H groups in total. The van der Waals surface area contributed by atoms with Crippen molar-refractivity contribution < 1.29 is 0 Å². The SMILES string of the molecule is Cc1cc(Cl)c(CN)cc1Br. The van der Waals surface area contributed by atoms with E-state index in [-0.39, 0.29) is 0 Å². The molecule has 0 saturated carbocycles. The Morgan fingerprint density at radius 2 is 2.18 bits per heavy atom. The summed E-state index contributed by atoms with van der Waals surface area (Å²) in [6, 6.07) is 3.87. The van der Waals surface area contributed by atoms with E-state index in [1.54, 1.807) is 0 Å². The Hall–Kier alpha value is -0.0500. The summed E-state index contributed by atoms with van der Waals surface area (Å²) >= 11 is 9.31. The van der Waals surface area contributed by atoms with Gasteiger partial charge in [0.1, 0.15) is 0 Å². The average molecular weight is 235 g/mol. The monoisotopic (exact) mass is 233 g/mol. The van der Waals surface area contributed by atoms with Crippen LogP contribution in [0.15, 0.2) is 16.6 Å². The van der Waals surface area contributed by atoms with Crippen LogP contribution < -0.4 is 5.73 Å². The predicted octanol–water partition coefficient (Wildman–Crippen LogP) is 2.87. The number of nitrogens with two attached hydrogens (primary N) is 1. The molecule has 0 spiro atoms. The van der Waals surface area contributed by atoms with E-state index in [2.05, 4.69) is 15.9 Å². The molecule has 1 rings (SSSR count). The molecule has 0 bridgehead atoms. The Morgan fingerprint density at radius 1 is 1.55 bits per heavy atom. The highest BCUT2D eigenvalue weighted by Gasteiger charge is 2.01. The summed E-state index contributed by atoms with van der Waals surface area (Å²) in [6.45, 7) is 2.48. The third-order valence-corrected chi connectivity index (χ3v) is 2.75. The highest BCUT2D eigenvalue weighted by Crippen LogP contribution is 2.24. The van der Waals surface area contributed by atoms with Crippen LogP contribution in [0, 0.1) is 6.92 Å². The number of halogens is 2. The van der Waals surface area contributed by atoms with Crippen LogP contribution in [0.3, 0.4) is 0 Å². The fraction of sp³-hybridized carbons (Fsp3) is 0.250. The van der Waals surface area contributed by atoms with Gasteiger partial charge < -0.3 is 5.73 Å². The van der Waals surface area contributed by atoms with E-state index in [4.69, 9.17) is 17.3 Å². The lowest BCUT2D eigenvalue weighted by molar-refractivity contribution is 1.07. The molecule has 11 heavy (non-hydrogen) atoms. The fourth-order valence-electron chi connectivity index (χ4n) is 0.844. The Kier molecular flexibility index (Phi) is 2.93. The molecule has 0 fully saturated rings. The third kappa shape index (κ3) is 1.95. The topological polar surface area (TPSA) is 26.0 Å². The van der Waals surface area contributed by atoms with Crippen LogP contribution in [-0.2, 0) is 6.54 Å². The summed E-state index contributed by atoms with van der Waals surface area (Å²) in [5.41, 5.74) is 7.57. The first kappa shape index (κ1) is 9.04. The van der Waals surface area contributed by atoms with Gasteiger partial charge in [0.15, 0.2) is 0 Å². The van der Waals surface area contributed by atoms with Gasteiger partial charge in [-0.2, -0.15) is 0 Å². The maximum absolute atomic E-state index is 5.90. The summed E-state index contributed by atoms with van der Waals surface area (Å²) in [6.07, 6.45) is 0. The summed E-state index contributed by atoms with van der Waals surface area (Å²) in [5, 5.41) is 0.744. The maximum atomic E-state index is 5.90. The first-order chi connectivity index (χ1) is 5.15. The van der Waals surface area contributed by atoms with Crippen molar-refractivity contribution in [3.63, 3.8) is 0 Å². The molecule has 0 heterocycles. The summed E-state index contributed by atoms with van der Waals surface area (Å²) in [4.78, 5) is 0. The lowest BCUT2D eigenvalue weighted by Gasteiger charge is -2.03. The highest BCUT2D eigenvalue weighted by molar-refractivity contribution is 9.10. The summed E-state index contributed by atoms with van der Waals surface area (Å²) in [7, 11) is 0. The lowest BCUT2D eigenvalue weighted by atomic mass is 10.1. The molecule has 0 aliphatic carbocycles. The van der Waals surface area contributed by atoms with Crippen molar-refractivity contribution >= 4 is 27.5 Å². The molecule has 0 radical (unpaired) electrons. The van der Waals surface area contributed by atoms with Gasteiger partial charge in [-0.25, -0.2) is 0 Å². The smallest absolute Gasteiger partial charge is 0.0454 e. The minimum absolute atomic E-state index is 0.484. The minimum Gasteiger partial charge on any atom is -0.326 e. The van der Waals surface area contributed by atoms with Crippen LogP contribution in [0.1, 0.15) is 11.1 Å². The van der Waals surface area contributed by atoms with Crippen molar-refractivity contribution in [3.8, 4) is 0 Å². The van der Waals surface area contributed by atoms with Crippen molar-refractivity contribution in [2.24, 2.45) is 5.73 Å². The van der Waals surface area contributed by atoms with E-state index >= 15 is 0 Å². The molecule has 0 aliphatic heterocycles. The van der Waals surface area contributed by atoms with Gasteiger partial charge in [0.2, 0.25) is 0 Å². The van der Waals surface area contributed by atoms with E-state index in [1.165, 1.54) is 0 Å². The van der Waals surface area contributed by atoms with Crippen molar-refractivity contribution in [1.82, 2.24) is 0 Å². The van der Waals surface area contributed by atoms with Crippen LogP contribution in [0.4, 0.5) is 0 Å². The molecule has 1 nitrogen and oxygen atoms in total. The molecule has 1 aromatic rings. The number of hydrogen-bond donors (Lipinski definition) is 1. The van der Waals surface area contributed by atoms with Crippen LogP contribution in [0.2, 0.25) is 5.02 Å². The molecule has 0 aromatic heterocycles. The maximum Gasteiger partial charge on any atom is 0.0454 e. The van der Waals surface area contributed by atoms with Crippen molar-refractivity contribution in [3.05, 3.63) is 32.8 Å². The zero-order valence-corrected chi connectivity index (χ0v) is 8.54. The summed E-state index contributed by atoms with van der Waals surface area (Å²) < 4.78 is 1.06. The minimum atomic E-state index is 0.484. The zero-order valence-electron chi connectivity index (χ0n) is 6.20. The van der Waals surface area contributed by atoms with Gasteiger partial charge >= 0.3 is 0 Å². The number of aryl methyl sites for hydroxylation is 1. The van der Waals surface area contributed by atoms with Gasteiger partial charge in [-0.3, -0.25) is 0 Å². The Labute approximate surface area is 79.7 Å². The van der Waals surface area contributed by atoms with Crippen LogP contribution in [0.5, 0.6) is 0 Å². The zero-order chi connectivity index (χ0) is 8.43. The van der Waals surface area contributed by atoms with Gasteiger partial charge in [0.05, 0.1) is 0 Å². The Bertz CT molecular complexity index is 273. The summed E-state index contributed by atoms with van der Waals surface area (Å²) in [5.74, 6) is 0. The van der Waals surface area contributed by atoms with Gasteiger partial charge in [-0.05, 0) is 30.2 Å². The van der Waals surface area contributed by atoms with Crippen molar-refractivity contribution in [2.75, 3.05) is 0 Å². The Balaban J connectivity index is 3.21. The fourth-order valence-corrected chi connectivity index (χ4v) is 1.53. The number of hydrogen-bond acceptors (Lipinski definition) is 1. The lowest BCUT2D eigenvalue weighted by Crippen LogP contribution is -1.97. The van der Waals surface area contributed by atoms with Crippen LogP contribution in [-0.4, -0.2) is 0 Å². The molecule has 0 unspecified atom stereocenters. The first-order valence-corrected chi connectivity index (χ1v) is 4.47. The largest absolute Gasteiger partial charge is 0.326 e. The number of benzene rings is 1. The van der Waals surface area contributed by atoms with E-state index in [0.717, 1.165) is 20.6 Å². The first-order valence-electron chi connectivity index (χ1n) is 3.29. The number of rotatable bonds is 1. The second-order valence-corrected chi connectivity index (χ2v) is 3.66. The van der Waals surface area contributed by atoms with Crippen molar-refractivity contribution in [2.45, 2.75) is 13.5 Å². The molecule has 0 amide bonds. The molecule has 3 heteroatoms. The van der Waals surface area contributed by atoms with Crippen LogP contribution in [0.25, 0.3) is 0 Å². The third-order valence-electron chi connectivity index (χ3n) is 1.55. The van der Waals surface area contributed by atoms with Gasteiger partial charge in [-0.15, -0.1) is 0 Å². The molecule has 0 atom stereocenters. The van der Waals surface area contributed by atoms with Gasteiger partial charge in [0, 0.05) is 16.0 Å². The normalized spacial score (nSPS) is 10.2. The average Bonchev–Trinajstić information content (AvgIpc) is 1.97. The quantitative estimate of drug-likeness (QED) is 0.794. The molecular formula is C8H9BrClN. The second-order valence-electron chi connectivity index (χ2n) is 2.40. The van der Waals surface area contributed by atoms with Crippen LogP contribution >= 0.6 is 27.5 Å². The van der Waals surface area contributed by atoms with E-state index in [9.17, 15) is 0 Å².